The second-order valence-electron chi connectivity index (χ2n) is 7.55. The molecule has 1 unspecified atom stereocenters. The number of hydrogen-bond donors (Lipinski definition) is 1. The Labute approximate surface area is 114 Å². The maximum absolute atomic E-state index is 4.45. The maximum Gasteiger partial charge on any atom is 0.150 e. The number of hydrogen-bond acceptors (Lipinski definition) is 3. The standard InChI is InChI=1S/C15H22N4/c1-2-19-9-17-18-14(19)13(16-1)15-6-10-3-11(7-15)5-12(4-10)8-15/h9-13,16H,1-8H2. The molecule has 4 fully saturated rings. The van der Waals surface area contributed by atoms with Crippen molar-refractivity contribution in [2.45, 2.75) is 51.1 Å². The zero-order chi connectivity index (χ0) is 12.4. The number of nitrogens with one attached hydrogen (secondary N) is 1. The van der Waals surface area contributed by atoms with Crippen LogP contribution in [0.1, 0.15) is 50.4 Å². The van der Waals surface area contributed by atoms with Gasteiger partial charge in [-0.05, 0) is 61.7 Å². The van der Waals surface area contributed by atoms with Crippen molar-refractivity contribution in [3.05, 3.63) is 12.2 Å². The highest BCUT2D eigenvalue weighted by Gasteiger charge is 2.55. The van der Waals surface area contributed by atoms with Crippen LogP contribution in [0.15, 0.2) is 6.33 Å². The third-order valence-corrected chi connectivity index (χ3v) is 6.30. The van der Waals surface area contributed by atoms with Gasteiger partial charge in [0.05, 0.1) is 6.04 Å². The third-order valence-electron chi connectivity index (χ3n) is 6.30. The van der Waals surface area contributed by atoms with Gasteiger partial charge in [0.15, 0.2) is 5.82 Å². The van der Waals surface area contributed by atoms with Crippen LogP contribution in [0.4, 0.5) is 0 Å². The predicted molar refractivity (Wildman–Crippen MR) is 71.4 cm³/mol. The van der Waals surface area contributed by atoms with E-state index in [2.05, 4.69) is 20.1 Å². The highest BCUT2D eigenvalue weighted by Crippen LogP contribution is 2.64. The molecule has 4 aliphatic carbocycles. The molecule has 0 amide bonds. The summed E-state index contributed by atoms with van der Waals surface area (Å²) in [7, 11) is 0. The molecule has 4 nitrogen and oxygen atoms in total. The van der Waals surface area contributed by atoms with Gasteiger partial charge in [-0.25, -0.2) is 0 Å². The molecule has 4 saturated carbocycles. The fourth-order valence-corrected chi connectivity index (χ4v) is 6.10. The van der Waals surface area contributed by atoms with E-state index in [1.54, 1.807) is 0 Å². The molecule has 4 bridgehead atoms. The van der Waals surface area contributed by atoms with Crippen LogP contribution in [0, 0.1) is 23.2 Å². The van der Waals surface area contributed by atoms with Crippen molar-refractivity contribution in [2.75, 3.05) is 6.54 Å². The van der Waals surface area contributed by atoms with Gasteiger partial charge in [-0.1, -0.05) is 0 Å². The lowest BCUT2D eigenvalue weighted by atomic mass is 9.47. The van der Waals surface area contributed by atoms with Crippen molar-refractivity contribution in [3.8, 4) is 0 Å². The molecular formula is C15H22N4. The SMILES string of the molecule is c1nnc2n1CCNC2C12CC3CC(CC(C3)C1)C2. The second kappa shape index (κ2) is 3.60. The first-order valence-corrected chi connectivity index (χ1v) is 7.93. The van der Waals surface area contributed by atoms with Crippen molar-refractivity contribution in [2.24, 2.45) is 23.2 Å². The second-order valence-corrected chi connectivity index (χ2v) is 7.55. The van der Waals surface area contributed by atoms with Crippen LogP contribution in [0.3, 0.4) is 0 Å². The van der Waals surface area contributed by atoms with E-state index in [1.165, 1.54) is 44.3 Å². The predicted octanol–water partition coefficient (Wildman–Crippen LogP) is 2.14. The molecular weight excluding hydrogens is 236 g/mol. The Morgan fingerprint density at radius 3 is 2.47 bits per heavy atom. The van der Waals surface area contributed by atoms with Gasteiger partial charge in [-0.15, -0.1) is 10.2 Å². The normalized spacial score (nSPS) is 47.4. The Hall–Kier alpha value is -0.900. The Morgan fingerprint density at radius 1 is 1.11 bits per heavy atom. The molecule has 1 aromatic rings. The van der Waals surface area contributed by atoms with Crippen LogP contribution in [0.25, 0.3) is 0 Å². The summed E-state index contributed by atoms with van der Waals surface area (Å²) < 4.78 is 2.28. The first-order valence-electron chi connectivity index (χ1n) is 7.93. The van der Waals surface area contributed by atoms with Crippen LogP contribution in [0.5, 0.6) is 0 Å². The Kier molecular flexibility index (Phi) is 2.05. The minimum Gasteiger partial charge on any atom is -0.315 e. The Morgan fingerprint density at radius 2 is 1.79 bits per heavy atom. The zero-order valence-corrected chi connectivity index (χ0v) is 11.4. The molecule has 1 N–H and O–H groups in total. The average molecular weight is 258 g/mol. The van der Waals surface area contributed by atoms with E-state index in [-0.39, 0.29) is 0 Å². The minimum atomic E-state index is 0.470. The smallest absolute Gasteiger partial charge is 0.150 e. The molecule has 1 aliphatic heterocycles. The van der Waals surface area contributed by atoms with Gasteiger partial charge in [0, 0.05) is 13.1 Å². The maximum atomic E-state index is 4.45. The van der Waals surface area contributed by atoms with Crippen LogP contribution < -0.4 is 5.32 Å². The van der Waals surface area contributed by atoms with Crippen LogP contribution in [0.2, 0.25) is 0 Å². The summed E-state index contributed by atoms with van der Waals surface area (Å²) in [5.41, 5.74) is 0.500. The zero-order valence-electron chi connectivity index (χ0n) is 11.4. The first kappa shape index (κ1) is 10.8. The highest BCUT2D eigenvalue weighted by atomic mass is 15.3. The van der Waals surface area contributed by atoms with Crippen molar-refractivity contribution in [1.82, 2.24) is 20.1 Å². The summed E-state index contributed by atoms with van der Waals surface area (Å²) in [6, 6.07) is 0.470. The summed E-state index contributed by atoms with van der Waals surface area (Å²) in [5.74, 6) is 4.23. The third kappa shape index (κ3) is 1.44. The summed E-state index contributed by atoms with van der Waals surface area (Å²) in [5, 5.41) is 12.4. The van der Waals surface area contributed by atoms with Gasteiger partial charge in [0.2, 0.25) is 0 Å². The number of nitrogens with zero attached hydrogens (tertiary/aromatic N) is 3. The summed E-state index contributed by atoms with van der Waals surface area (Å²) in [6.45, 7) is 2.11. The number of fused-ring (bicyclic) bond motifs is 1. The lowest BCUT2D eigenvalue weighted by Crippen LogP contribution is -2.54. The molecule has 0 aromatic carbocycles. The molecule has 0 radical (unpaired) electrons. The van der Waals surface area contributed by atoms with Gasteiger partial charge in [0.1, 0.15) is 6.33 Å². The largest absolute Gasteiger partial charge is 0.315 e. The van der Waals surface area contributed by atoms with Crippen molar-refractivity contribution in [1.29, 1.82) is 0 Å². The average Bonchev–Trinajstić information content (AvgIpc) is 2.84. The summed E-state index contributed by atoms with van der Waals surface area (Å²) in [4.78, 5) is 0. The highest BCUT2D eigenvalue weighted by molar-refractivity contribution is 5.13. The fourth-order valence-electron chi connectivity index (χ4n) is 6.10. The molecule has 5 aliphatic rings. The van der Waals surface area contributed by atoms with Crippen molar-refractivity contribution >= 4 is 0 Å². The summed E-state index contributed by atoms with van der Waals surface area (Å²) >= 11 is 0. The minimum absolute atomic E-state index is 0.470. The van der Waals surface area contributed by atoms with Crippen LogP contribution >= 0.6 is 0 Å². The van der Waals surface area contributed by atoms with E-state index in [9.17, 15) is 0 Å². The van der Waals surface area contributed by atoms with E-state index in [0.717, 1.165) is 30.8 Å². The Bertz CT molecular complexity index is 471. The van der Waals surface area contributed by atoms with E-state index < -0.39 is 0 Å². The number of aromatic nitrogens is 3. The lowest BCUT2D eigenvalue weighted by Gasteiger charge is -2.59. The molecule has 6 rings (SSSR count). The first-order chi connectivity index (χ1) is 9.32. The molecule has 0 saturated heterocycles. The molecule has 102 valence electrons. The molecule has 2 heterocycles. The molecule has 1 atom stereocenters. The van der Waals surface area contributed by atoms with E-state index in [0.29, 0.717) is 11.5 Å². The lowest BCUT2D eigenvalue weighted by molar-refractivity contribution is -0.0790. The van der Waals surface area contributed by atoms with Gasteiger partial charge in [0.25, 0.3) is 0 Å². The van der Waals surface area contributed by atoms with E-state index >= 15 is 0 Å². The van der Waals surface area contributed by atoms with E-state index in [1.807, 2.05) is 6.33 Å². The van der Waals surface area contributed by atoms with Gasteiger partial charge < -0.3 is 9.88 Å². The van der Waals surface area contributed by atoms with Crippen molar-refractivity contribution < 1.29 is 0 Å². The van der Waals surface area contributed by atoms with Gasteiger partial charge in [-0.3, -0.25) is 0 Å². The molecule has 0 spiro atoms. The fraction of sp³-hybridized carbons (Fsp3) is 0.867. The van der Waals surface area contributed by atoms with Gasteiger partial charge >= 0.3 is 0 Å². The number of rotatable bonds is 1. The van der Waals surface area contributed by atoms with Crippen LogP contribution in [-0.4, -0.2) is 21.3 Å². The summed E-state index contributed by atoms with van der Waals surface area (Å²) in [6.07, 6.45) is 10.8. The quantitative estimate of drug-likeness (QED) is 0.839. The van der Waals surface area contributed by atoms with Crippen molar-refractivity contribution in [3.63, 3.8) is 0 Å². The molecule has 4 heteroatoms. The monoisotopic (exact) mass is 258 g/mol. The Balaban J connectivity index is 1.57. The molecule has 1 aromatic heterocycles. The topological polar surface area (TPSA) is 42.7 Å². The van der Waals surface area contributed by atoms with Gasteiger partial charge in [-0.2, -0.15) is 0 Å². The van der Waals surface area contributed by atoms with E-state index in [4.69, 9.17) is 0 Å². The van der Waals surface area contributed by atoms with Crippen LogP contribution in [-0.2, 0) is 6.54 Å². The molecule has 19 heavy (non-hydrogen) atoms.